The third kappa shape index (κ3) is 4.25. The highest BCUT2D eigenvalue weighted by Gasteiger charge is 2.29. The maximum Gasteiger partial charge on any atom is 0.410 e. The third-order valence-electron chi connectivity index (χ3n) is 6.13. The Kier molecular flexibility index (Phi) is 6.51. The van der Waals surface area contributed by atoms with Gasteiger partial charge in [-0.15, -0.1) is 11.3 Å². The van der Waals surface area contributed by atoms with Crippen LogP contribution in [0.4, 0.5) is 4.79 Å². The number of carbonyl (C=O) groups excluding carboxylic acids is 2. The predicted molar refractivity (Wildman–Crippen MR) is 139 cm³/mol. The highest BCUT2D eigenvalue weighted by Crippen LogP contribution is 2.33. The van der Waals surface area contributed by atoms with E-state index in [0.29, 0.717) is 39.5 Å². The fourth-order valence-electron chi connectivity index (χ4n) is 4.39. The molecule has 184 valence electrons. The van der Waals surface area contributed by atoms with Gasteiger partial charge in [0.1, 0.15) is 4.83 Å². The molecule has 1 amide bonds. The largest absolute Gasteiger partial charge is 0.450 e. The first kappa shape index (κ1) is 24.0. The number of nitrogens with zero attached hydrogens (tertiary/aromatic N) is 3. The van der Waals surface area contributed by atoms with E-state index < -0.39 is 17.3 Å². The van der Waals surface area contributed by atoms with Gasteiger partial charge in [0.05, 0.1) is 30.8 Å². The summed E-state index contributed by atoms with van der Waals surface area (Å²) in [6.45, 7) is 2.44. The molecule has 2 aromatic heterocycles. The van der Waals surface area contributed by atoms with Crippen molar-refractivity contribution >= 4 is 45.0 Å². The maximum absolute atomic E-state index is 13.7. The molecule has 0 aliphatic carbocycles. The van der Waals surface area contributed by atoms with E-state index in [1.54, 1.807) is 60.4 Å². The first-order valence-electron chi connectivity index (χ1n) is 11.4. The molecule has 0 N–H and O–H groups in total. The van der Waals surface area contributed by atoms with Gasteiger partial charge in [0.2, 0.25) is 0 Å². The van der Waals surface area contributed by atoms with Crippen molar-refractivity contribution in [1.82, 2.24) is 14.0 Å². The standard InChI is InChI=1S/C26H22ClN3O5S/c1-2-35-26(34)28-13-12-19-21(15-28)36-24-22(19)23(32)30(18-10-8-17(27)9-11-18)25(33)29(24)14-20(31)16-6-4-3-5-7-16/h3-11H,2,12-15H2,1H3. The van der Waals surface area contributed by atoms with Crippen molar-refractivity contribution in [3.05, 3.63) is 96.5 Å². The number of halogens is 1. The van der Waals surface area contributed by atoms with E-state index in [9.17, 15) is 19.2 Å². The lowest BCUT2D eigenvalue weighted by Gasteiger charge is -2.25. The summed E-state index contributed by atoms with van der Waals surface area (Å²) in [5.74, 6) is -0.250. The van der Waals surface area contributed by atoms with Crippen LogP contribution in [0.15, 0.2) is 64.2 Å². The zero-order valence-corrected chi connectivity index (χ0v) is 21.0. The van der Waals surface area contributed by atoms with E-state index in [0.717, 1.165) is 15.0 Å². The molecule has 36 heavy (non-hydrogen) atoms. The zero-order chi connectivity index (χ0) is 25.4. The number of amides is 1. The molecule has 1 aliphatic rings. The molecular weight excluding hydrogens is 502 g/mol. The molecule has 0 bridgehead atoms. The highest BCUT2D eigenvalue weighted by atomic mass is 35.5. The Morgan fingerprint density at radius 3 is 2.47 bits per heavy atom. The number of fused-ring (bicyclic) bond motifs is 3. The van der Waals surface area contributed by atoms with Gasteiger partial charge in [0.15, 0.2) is 5.78 Å². The molecule has 0 saturated heterocycles. The van der Waals surface area contributed by atoms with Gasteiger partial charge in [0, 0.05) is 22.0 Å². The van der Waals surface area contributed by atoms with Crippen molar-refractivity contribution in [2.24, 2.45) is 0 Å². The van der Waals surface area contributed by atoms with Crippen LogP contribution in [-0.4, -0.2) is 39.1 Å². The van der Waals surface area contributed by atoms with Crippen LogP contribution >= 0.6 is 22.9 Å². The molecule has 10 heteroatoms. The summed E-state index contributed by atoms with van der Waals surface area (Å²) < 4.78 is 7.58. The molecule has 0 radical (unpaired) electrons. The number of thiophene rings is 1. The van der Waals surface area contributed by atoms with E-state index in [1.807, 2.05) is 6.07 Å². The smallest absolute Gasteiger partial charge is 0.410 e. The number of hydrogen-bond donors (Lipinski definition) is 0. The quantitative estimate of drug-likeness (QED) is 0.364. The molecule has 8 nitrogen and oxygen atoms in total. The second-order valence-corrected chi connectivity index (χ2v) is 9.85. The maximum atomic E-state index is 13.7. The predicted octanol–water partition coefficient (Wildman–Crippen LogP) is 4.26. The second kappa shape index (κ2) is 9.75. The second-order valence-electron chi connectivity index (χ2n) is 8.33. The minimum atomic E-state index is -0.611. The molecule has 3 heterocycles. The van der Waals surface area contributed by atoms with Crippen LogP contribution in [-0.2, 0) is 24.2 Å². The van der Waals surface area contributed by atoms with Crippen molar-refractivity contribution in [3.63, 3.8) is 0 Å². The van der Waals surface area contributed by atoms with Crippen molar-refractivity contribution in [1.29, 1.82) is 0 Å². The van der Waals surface area contributed by atoms with Gasteiger partial charge in [-0.2, -0.15) is 0 Å². The van der Waals surface area contributed by atoms with Gasteiger partial charge in [-0.05, 0) is 43.2 Å². The lowest BCUT2D eigenvalue weighted by atomic mass is 10.1. The summed E-state index contributed by atoms with van der Waals surface area (Å²) in [5, 5.41) is 0.869. The Labute approximate surface area is 214 Å². The Morgan fingerprint density at radius 1 is 1.06 bits per heavy atom. The molecule has 2 aromatic carbocycles. The number of rotatable bonds is 5. The zero-order valence-electron chi connectivity index (χ0n) is 19.4. The molecule has 0 spiro atoms. The Hall–Kier alpha value is -3.69. The van der Waals surface area contributed by atoms with Gasteiger partial charge in [-0.25, -0.2) is 14.2 Å². The Bertz CT molecular complexity index is 1590. The molecular formula is C26H22ClN3O5S. The summed E-state index contributed by atoms with van der Waals surface area (Å²) in [4.78, 5) is 55.6. The fraction of sp³-hybridized carbons (Fsp3) is 0.231. The van der Waals surface area contributed by atoms with E-state index in [-0.39, 0.29) is 25.5 Å². The number of hydrogen-bond acceptors (Lipinski definition) is 6. The first-order valence-corrected chi connectivity index (χ1v) is 12.6. The van der Waals surface area contributed by atoms with Gasteiger partial charge >= 0.3 is 11.8 Å². The van der Waals surface area contributed by atoms with Gasteiger partial charge < -0.3 is 9.64 Å². The fourth-order valence-corrected chi connectivity index (χ4v) is 5.87. The topological polar surface area (TPSA) is 90.6 Å². The molecule has 0 atom stereocenters. The van der Waals surface area contributed by atoms with Gasteiger partial charge in [-0.3, -0.25) is 14.2 Å². The first-order chi connectivity index (χ1) is 17.4. The summed E-state index contributed by atoms with van der Waals surface area (Å²) >= 11 is 7.29. The lowest BCUT2D eigenvalue weighted by molar-refractivity contribution is 0.0970. The number of aromatic nitrogens is 2. The van der Waals surface area contributed by atoms with Crippen LogP contribution in [0.25, 0.3) is 15.9 Å². The number of benzene rings is 2. The van der Waals surface area contributed by atoms with Crippen LogP contribution in [0.5, 0.6) is 0 Å². The summed E-state index contributed by atoms with van der Waals surface area (Å²) in [7, 11) is 0. The van der Waals surface area contributed by atoms with E-state index in [2.05, 4.69) is 0 Å². The third-order valence-corrected chi connectivity index (χ3v) is 7.62. The number of ketones is 1. The highest BCUT2D eigenvalue weighted by molar-refractivity contribution is 7.18. The Balaban J connectivity index is 1.71. The number of Topliss-reactive ketones (excluding diaryl/α,β-unsaturated/α-hetero) is 1. The molecule has 5 rings (SSSR count). The molecule has 0 fully saturated rings. The summed E-state index contributed by atoms with van der Waals surface area (Å²) in [6.07, 6.45) is 0.0188. The average molecular weight is 524 g/mol. The molecule has 4 aromatic rings. The van der Waals surface area contributed by atoms with Crippen molar-refractivity contribution in [3.8, 4) is 5.69 Å². The van der Waals surface area contributed by atoms with Crippen LogP contribution in [0.2, 0.25) is 5.02 Å². The van der Waals surface area contributed by atoms with Gasteiger partial charge in [0.25, 0.3) is 5.56 Å². The van der Waals surface area contributed by atoms with Crippen LogP contribution in [0.3, 0.4) is 0 Å². The summed E-state index contributed by atoms with van der Waals surface area (Å²) in [6, 6.07) is 15.1. The van der Waals surface area contributed by atoms with E-state index >= 15 is 0 Å². The minimum absolute atomic E-state index is 0.228. The van der Waals surface area contributed by atoms with Crippen molar-refractivity contribution in [2.75, 3.05) is 13.2 Å². The van der Waals surface area contributed by atoms with Crippen LogP contribution in [0.1, 0.15) is 27.7 Å². The normalized spacial score (nSPS) is 13.0. The van der Waals surface area contributed by atoms with Crippen molar-refractivity contribution < 1.29 is 14.3 Å². The lowest BCUT2D eigenvalue weighted by Crippen LogP contribution is -2.40. The van der Waals surface area contributed by atoms with Gasteiger partial charge in [-0.1, -0.05) is 41.9 Å². The molecule has 0 unspecified atom stereocenters. The SMILES string of the molecule is CCOC(=O)N1CCc2c(sc3c2c(=O)n(-c2ccc(Cl)cc2)c(=O)n3CC(=O)c2ccccc2)C1. The number of ether oxygens (including phenoxy) is 1. The Morgan fingerprint density at radius 2 is 1.78 bits per heavy atom. The minimum Gasteiger partial charge on any atom is -0.450 e. The molecule has 1 aliphatic heterocycles. The van der Waals surface area contributed by atoms with Crippen LogP contribution < -0.4 is 11.2 Å². The number of carbonyl (C=O) groups is 2. The monoisotopic (exact) mass is 523 g/mol. The molecule has 0 saturated carbocycles. The van der Waals surface area contributed by atoms with Crippen LogP contribution in [0, 0.1) is 0 Å². The van der Waals surface area contributed by atoms with E-state index in [1.165, 1.54) is 15.9 Å². The van der Waals surface area contributed by atoms with Crippen molar-refractivity contribution in [2.45, 2.75) is 26.4 Å². The summed E-state index contributed by atoms with van der Waals surface area (Å²) in [5.41, 5.74) is 0.560. The average Bonchev–Trinajstić information content (AvgIpc) is 3.27. The van der Waals surface area contributed by atoms with E-state index in [4.69, 9.17) is 16.3 Å².